The van der Waals surface area contributed by atoms with Crippen molar-refractivity contribution in [3.05, 3.63) is 29.6 Å². The molecular formula is C25H42N4O11S2. The highest BCUT2D eigenvalue weighted by Crippen LogP contribution is 2.39. The summed E-state index contributed by atoms with van der Waals surface area (Å²) in [4.78, 5) is 13.0. The molecule has 42 heavy (non-hydrogen) atoms. The quantitative estimate of drug-likeness (QED) is 0.0779. The van der Waals surface area contributed by atoms with Gasteiger partial charge in [-0.1, -0.05) is 6.92 Å². The fourth-order valence-electron chi connectivity index (χ4n) is 3.74. The number of aliphatic hydroxyl groups is 1. The van der Waals surface area contributed by atoms with Crippen LogP contribution < -0.4 is 30.5 Å². The molecule has 0 saturated heterocycles. The van der Waals surface area contributed by atoms with Crippen molar-refractivity contribution in [1.82, 2.24) is 21.3 Å². The largest absolute Gasteiger partial charge is 0.490 e. The Bertz CT molecular complexity index is 1240. The van der Waals surface area contributed by atoms with Crippen molar-refractivity contribution in [2.75, 3.05) is 51.0 Å². The molecule has 1 aromatic carbocycles. The van der Waals surface area contributed by atoms with Crippen molar-refractivity contribution in [2.45, 2.75) is 51.9 Å². The molecule has 0 aliphatic carbocycles. The number of unbranched alkanes of at least 4 members (excludes halogenated alkanes) is 1. The zero-order chi connectivity index (χ0) is 31.0. The molecule has 0 fully saturated rings. The number of amides is 1. The Kier molecular flexibility index (Phi) is 15.1. The van der Waals surface area contributed by atoms with E-state index in [0.29, 0.717) is 25.9 Å². The van der Waals surface area contributed by atoms with Crippen molar-refractivity contribution < 1.29 is 50.1 Å². The second-order valence-electron chi connectivity index (χ2n) is 9.50. The molecule has 0 saturated carbocycles. The molecule has 0 bridgehead atoms. The molecule has 1 aromatic rings. The zero-order valence-electron chi connectivity index (χ0n) is 23.7. The topological polar surface area (TPSA) is 213 Å². The normalized spacial score (nSPS) is 13.4. The number of carbonyl (C=O) groups excluding carboxylic acids is 1. The fourth-order valence-corrected chi connectivity index (χ4v) is 4.71. The van der Waals surface area contributed by atoms with E-state index in [9.17, 15) is 21.6 Å². The Morgan fingerprint density at radius 2 is 1.52 bits per heavy atom. The fraction of sp³-hybridized carbons (Fsp3) is 0.640. The lowest BCUT2D eigenvalue weighted by molar-refractivity contribution is 0.0950. The lowest BCUT2D eigenvalue weighted by Gasteiger charge is -2.19. The van der Waals surface area contributed by atoms with Gasteiger partial charge in [0.15, 0.2) is 11.5 Å². The van der Waals surface area contributed by atoms with E-state index >= 15 is 0 Å². The van der Waals surface area contributed by atoms with Crippen LogP contribution in [0.5, 0.6) is 17.2 Å². The molecule has 17 heteroatoms. The van der Waals surface area contributed by atoms with Gasteiger partial charge in [-0.2, -0.15) is 16.8 Å². The minimum atomic E-state index is -4.19. The molecule has 0 spiro atoms. The number of carbonyl (C=O) groups is 1. The van der Waals surface area contributed by atoms with Gasteiger partial charge in [0, 0.05) is 37.2 Å². The Morgan fingerprint density at radius 3 is 2.12 bits per heavy atom. The summed E-state index contributed by atoms with van der Waals surface area (Å²) in [6.07, 6.45) is 5.53. The van der Waals surface area contributed by atoms with Gasteiger partial charge in [0.1, 0.15) is 0 Å². The first-order valence-electron chi connectivity index (χ1n) is 13.8. The number of hydrogen-bond donors (Lipinski definition) is 6. The Hall–Kier alpha value is -2.83. The van der Waals surface area contributed by atoms with E-state index < -0.39 is 37.6 Å². The van der Waals surface area contributed by atoms with Gasteiger partial charge in [-0.05, 0) is 57.1 Å². The number of benzene rings is 1. The molecule has 1 aliphatic heterocycles. The van der Waals surface area contributed by atoms with E-state index in [1.54, 1.807) is 0 Å². The van der Waals surface area contributed by atoms with Crippen LogP contribution in [0.15, 0.2) is 24.0 Å². The monoisotopic (exact) mass is 638 g/mol. The molecule has 2 rings (SSSR count). The van der Waals surface area contributed by atoms with Gasteiger partial charge in [0.25, 0.3) is 26.1 Å². The number of allylic oxidation sites excluding steroid dienone is 1. The van der Waals surface area contributed by atoms with Crippen LogP contribution in [-0.2, 0) is 20.2 Å². The summed E-state index contributed by atoms with van der Waals surface area (Å²) in [5.74, 6) is -1.12. The number of nitrogens with one attached hydrogen (secondary N) is 3. The van der Waals surface area contributed by atoms with Gasteiger partial charge in [-0.15, -0.1) is 5.53 Å². The summed E-state index contributed by atoms with van der Waals surface area (Å²) >= 11 is 0. The van der Waals surface area contributed by atoms with E-state index in [1.807, 2.05) is 18.1 Å². The molecule has 0 atom stereocenters. The van der Waals surface area contributed by atoms with E-state index in [2.05, 4.69) is 16.3 Å². The van der Waals surface area contributed by atoms with Crippen LogP contribution in [0.25, 0.3) is 0 Å². The molecule has 1 aliphatic rings. The highest BCUT2D eigenvalue weighted by molar-refractivity contribution is 7.86. The lowest BCUT2D eigenvalue weighted by atomic mass is 10.1. The van der Waals surface area contributed by atoms with Crippen molar-refractivity contribution >= 4 is 26.1 Å². The average Bonchev–Trinajstić information content (AvgIpc) is 3.37. The minimum Gasteiger partial charge on any atom is -0.490 e. The zero-order valence-corrected chi connectivity index (χ0v) is 25.3. The van der Waals surface area contributed by atoms with Gasteiger partial charge in [0.05, 0.1) is 31.3 Å². The summed E-state index contributed by atoms with van der Waals surface area (Å²) in [5.41, 5.74) is 7.30. The minimum absolute atomic E-state index is 0.0305. The maximum atomic E-state index is 13.0. The van der Waals surface area contributed by atoms with Crippen molar-refractivity contribution in [3.63, 3.8) is 0 Å². The summed E-state index contributed by atoms with van der Waals surface area (Å²) in [5, 5.41) is 13.6. The van der Waals surface area contributed by atoms with Crippen LogP contribution in [0.2, 0.25) is 0 Å². The first kappa shape index (κ1) is 35.4. The number of rotatable bonds is 22. The third-order valence-electron chi connectivity index (χ3n) is 5.73. The van der Waals surface area contributed by atoms with Crippen LogP contribution in [0.4, 0.5) is 0 Å². The summed E-state index contributed by atoms with van der Waals surface area (Å²) in [6, 6.07) is 2.88. The van der Waals surface area contributed by atoms with Crippen LogP contribution in [0.3, 0.4) is 0 Å². The predicted octanol–water partition coefficient (Wildman–Crippen LogP) is 1.24. The van der Waals surface area contributed by atoms with E-state index in [1.165, 1.54) is 12.1 Å². The van der Waals surface area contributed by atoms with Crippen LogP contribution in [0, 0.1) is 0 Å². The summed E-state index contributed by atoms with van der Waals surface area (Å²) < 4.78 is 79.4. The first-order chi connectivity index (χ1) is 19.9. The van der Waals surface area contributed by atoms with Crippen LogP contribution in [-0.4, -0.2) is 93.0 Å². The standard InChI is InChI=1S/C25H42N4O11S2/c1-2-12-38-22-17-20(25(31)26-9-5-10-29-19-21(27-28-29)8-3-4-11-30)18-23(39-13-6-15-41(32,33)34)24(22)40-14-7-16-42(35,36)37/h17-19,27-28,30H,2-16H2,1H3,(H,26,31)(H,32,33,34)(H,35,36,37). The molecule has 240 valence electrons. The SMILES string of the molecule is CCCOc1cc(C(=O)NCCCN2C=C(CCCCO)NN2)cc(OCCCS(=O)(=O)O)c1OCCCS(=O)(=O)O. The Labute approximate surface area is 247 Å². The summed E-state index contributed by atoms with van der Waals surface area (Å²) in [7, 11) is -8.38. The third-order valence-corrected chi connectivity index (χ3v) is 7.34. The third kappa shape index (κ3) is 14.4. The van der Waals surface area contributed by atoms with Crippen molar-refractivity contribution in [2.24, 2.45) is 0 Å². The highest BCUT2D eigenvalue weighted by atomic mass is 32.2. The molecule has 1 heterocycles. The smallest absolute Gasteiger partial charge is 0.264 e. The Balaban J connectivity index is 2.08. The Morgan fingerprint density at radius 1 is 0.905 bits per heavy atom. The van der Waals surface area contributed by atoms with Crippen molar-refractivity contribution in [1.29, 1.82) is 0 Å². The number of nitrogens with zero attached hydrogens (tertiary/aromatic N) is 1. The van der Waals surface area contributed by atoms with Gasteiger partial charge >= 0.3 is 0 Å². The highest BCUT2D eigenvalue weighted by Gasteiger charge is 2.20. The van der Waals surface area contributed by atoms with Gasteiger partial charge in [-0.3, -0.25) is 18.9 Å². The predicted molar refractivity (Wildman–Crippen MR) is 154 cm³/mol. The molecule has 0 radical (unpaired) electrons. The molecule has 0 unspecified atom stereocenters. The molecule has 0 aromatic heterocycles. The van der Waals surface area contributed by atoms with Crippen molar-refractivity contribution in [3.8, 4) is 17.2 Å². The lowest BCUT2D eigenvalue weighted by Crippen LogP contribution is -2.38. The van der Waals surface area contributed by atoms with Gasteiger partial charge in [-0.25, -0.2) is 0 Å². The summed E-state index contributed by atoms with van der Waals surface area (Å²) in [6.45, 7) is 3.03. The average molecular weight is 639 g/mol. The number of hydrogen-bond acceptors (Lipinski definition) is 12. The number of ether oxygens (including phenoxy) is 3. The van der Waals surface area contributed by atoms with Gasteiger partial charge in [0.2, 0.25) is 5.75 Å². The van der Waals surface area contributed by atoms with Crippen LogP contribution in [0.1, 0.15) is 62.2 Å². The van der Waals surface area contributed by atoms with E-state index in [4.69, 9.17) is 28.4 Å². The molecule has 6 N–H and O–H groups in total. The number of aliphatic hydroxyl groups excluding tert-OH is 1. The van der Waals surface area contributed by atoms with Crippen LogP contribution >= 0.6 is 0 Å². The van der Waals surface area contributed by atoms with E-state index in [0.717, 1.165) is 25.0 Å². The van der Waals surface area contributed by atoms with Gasteiger partial charge < -0.3 is 30.1 Å². The molecular weight excluding hydrogens is 596 g/mol. The number of hydrazine groups is 2. The molecule has 1 amide bonds. The maximum Gasteiger partial charge on any atom is 0.264 e. The molecule has 15 nitrogen and oxygen atoms in total. The second-order valence-corrected chi connectivity index (χ2v) is 12.6. The second kappa shape index (κ2) is 18.0. The maximum absolute atomic E-state index is 13.0. The first-order valence-corrected chi connectivity index (χ1v) is 17.0. The van der Waals surface area contributed by atoms with E-state index in [-0.39, 0.29) is 62.1 Å².